The molecule has 0 saturated carbocycles. The van der Waals surface area contributed by atoms with Crippen molar-refractivity contribution in [1.82, 2.24) is 0 Å². The highest BCUT2D eigenvalue weighted by Crippen LogP contribution is 2.53. The number of hydrogen-bond acceptors (Lipinski definition) is 6. The maximum Gasteiger partial charge on any atom is 0.192 e. The first-order chi connectivity index (χ1) is 18.8. The fraction of sp³-hybridized carbons (Fsp3) is 0.742. The number of methoxy groups -OCH3 is 1. The minimum Gasteiger partial charge on any atom is -0.411 e. The standard InChI is InChI=1S/C31H49ClO6Si/c1-7-25-29(32)28(33-6)20-30(35-25)18-16-23(5)31(38-30)21-27(37-39(8-2,9-3)10-4)26(36-31)17-19-34-22-24-14-12-11-13-15-24/h7,11-15,23,25-29H,1,8-10,16-22H2,2-6H3/t23-,25+,26-,27-,28+,29+,30+,31+/m0/s1. The summed E-state index contributed by atoms with van der Waals surface area (Å²) in [5.74, 6) is -1.41. The smallest absolute Gasteiger partial charge is 0.192 e. The van der Waals surface area contributed by atoms with Crippen molar-refractivity contribution in [2.75, 3.05) is 13.7 Å². The molecule has 8 atom stereocenters. The quantitative estimate of drug-likeness (QED) is 0.113. The Morgan fingerprint density at radius 1 is 1.08 bits per heavy atom. The molecule has 4 rings (SSSR count). The molecule has 220 valence electrons. The maximum absolute atomic E-state index is 7.10. The van der Waals surface area contributed by atoms with Gasteiger partial charge in [-0.15, -0.1) is 18.2 Å². The Kier molecular flexibility index (Phi) is 10.8. The lowest BCUT2D eigenvalue weighted by molar-refractivity contribution is -0.410. The van der Waals surface area contributed by atoms with Gasteiger partial charge in [0.15, 0.2) is 19.9 Å². The van der Waals surface area contributed by atoms with Gasteiger partial charge in [0.1, 0.15) is 0 Å². The molecule has 0 aliphatic carbocycles. The van der Waals surface area contributed by atoms with Gasteiger partial charge in [0.2, 0.25) is 0 Å². The van der Waals surface area contributed by atoms with E-state index in [-0.39, 0.29) is 35.7 Å². The summed E-state index contributed by atoms with van der Waals surface area (Å²) < 4.78 is 39.5. The van der Waals surface area contributed by atoms with Crippen LogP contribution in [0.25, 0.3) is 0 Å². The van der Waals surface area contributed by atoms with Crippen molar-refractivity contribution in [1.29, 1.82) is 0 Å². The monoisotopic (exact) mass is 580 g/mol. The average Bonchev–Trinajstić information content (AvgIpc) is 3.30. The van der Waals surface area contributed by atoms with Gasteiger partial charge < -0.3 is 28.1 Å². The molecule has 0 bridgehead atoms. The van der Waals surface area contributed by atoms with Crippen molar-refractivity contribution in [3.8, 4) is 0 Å². The van der Waals surface area contributed by atoms with Crippen LogP contribution in [0.15, 0.2) is 43.0 Å². The lowest BCUT2D eigenvalue weighted by atomic mass is 9.83. The third-order valence-electron chi connectivity index (χ3n) is 9.38. The minimum atomic E-state index is -1.88. The van der Waals surface area contributed by atoms with E-state index in [2.05, 4.69) is 46.4 Å². The zero-order valence-corrected chi connectivity index (χ0v) is 26.3. The van der Waals surface area contributed by atoms with Crippen molar-refractivity contribution in [3.63, 3.8) is 0 Å². The van der Waals surface area contributed by atoms with E-state index in [9.17, 15) is 0 Å². The van der Waals surface area contributed by atoms with Gasteiger partial charge in [0.05, 0.1) is 36.4 Å². The molecule has 39 heavy (non-hydrogen) atoms. The van der Waals surface area contributed by atoms with Crippen LogP contribution < -0.4 is 0 Å². The van der Waals surface area contributed by atoms with Crippen molar-refractivity contribution < 1.29 is 28.1 Å². The number of benzene rings is 1. The van der Waals surface area contributed by atoms with E-state index in [1.807, 2.05) is 18.2 Å². The molecule has 0 N–H and O–H groups in total. The number of rotatable bonds is 12. The zero-order chi connectivity index (χ0) is 28.1. The number of alkyl halides is 1. The van der Waals surface area contributed by atoms with E-state index >= 15 is 0 Å². The normalized spacial score (nSPS) is 37.0. The highest BCUT2D eigenvalue weighted by molar-refractivity contribution is 6.73. The Labute approximate surface area is 241 Å². The second kappa shape index (κ2) is 13.5. The molecule has 1 aromatic rings. The van der Waals surface area contributed by atoms with E-state index in [1.165, 1.54) is 5.56 Å². The molecular formula is C31H49ClO6Si. The lowest BCUT2D eigenvalue weighted by Crippen LogP contribution is -2.61. The van der Waals surface area contributed by atoms with E-state index in [0.717, 1.165) is 37.4 Å². The Hall–Kier alpha value is -0.773. The van der Waals surface area contributed by atoms with E-state index < -0.39 is 19.9 Å². The summed E-state index contributed by atoms with van der Waals surface area (Å²) in [6.07, 6.45) is 4.78. The molecule has 1 aromatic carbocycles. The highest BCUT2D eigenvalue weighted by atomic mass is 35.5. The number of hydrogen-bond donors (Lipinski definition) is 0. The molecule has 3 fully saturated rings. The molecule has 0 aromatic heterocycles. The van der Waals surface area contributed by atoms with Crippen LogP contribution in [0.5, 0.6) is 0 Å². The molecule has 8 heteroatoms. The average molecular weight is 581 g/mol. The van der Waals surface area contributed by atoms with Gasteiger partial charge in [0.25, 0.3) is 0 Å². The van der Waals surface area contributed by atoms with Gasteiger partial charge in [-0.25, -0.2) is 0 Å². The van der Waals surface area contributed by atoms with E-state index in [0.29, 0.717) is 26.1 Å². The van der Waals surface area contributed by atoms with E-state index in [1.54, 1.807) is 13.2 Å². The Bertz CT molecular complexity index is 907. The van der Waals surface area contributed by atoms with Gasteiger partial charge in [0, 0.05) is 38.9 Å². The maximum atomic E-state index is 7.10. The summed E-state index contributed by atoms with van der Waals surface area (Å²) in [4.78, 5) is 0. The van der Waals surface area contributed by atoms with E-state index in [4.69, 9.17) is 39.7 Å². The SMILES string of the molecule is C=C[C@H]1O[C@@]2(CC[C@H](C)[C@@]3(C[C@H](O[Si](CC)(CC)CC)[C@H](CCOCc4ccccc4)O3)O2)C[C@@H](OC)[C@@H]1Cl. The van der Waals surface area contributed by atoms with Crippen LogP contribution in [0.1, 0.15) is 65.4 Å². The highest BCUT2D eigenvalue weighted by Gasteiger charge is 2.61. The van der Waals surface area contributed by atoms with Gasteiger partial charge in [-0.1, -0.05) is 64.1 Å². The molecule has 0 unspecified atom stereocenters. The van der Waals surface area contributed by atoms with Crippen molar-refractivity contribution in [2.45, 2.75) is 126 Å². The van der Waals surface area contributed by atoms with Crippen LogP contribution in [-0.4, -0.2) is 63.4 Å². The van der Waals surface area contributed by atoms with Gasteiger partial charge in [-0.3, -0.25) is 0 Å². The molecule has 3 aliphatic rings. The summed E-state index contributed by atoms with van der Waals surface area (Å²) in [6.45, 7) is 14.2. The minimum absolute atomic E-state index is 0.0350. The van der Waals surface area contributed by atoms with Crippen LogP contribution in [0.3, 0.4) is 0 Å². The Morgan fingerprint density at radius 2 is 1.79 bits per heavy atom. The molecular weight excluding hydrogens is 532 g/mol. The molecule has 3 aliphatic heterocycles. The predicted octanol–water partition coefficient (Wildman–Crippen LogP) is 7.21. The first-order valence-corrected chi connectivity index (χ1v) is 17.9. The summed E-state index contributed by atoms with van der Waals surface area (Å²) in [5.41, 5.74) is 1.17. The molecule has 3 saturated heterocycles. The fourth-order valence-electron chi connectivity index (χ4n) is 6.56. The van der Waals surface area contributed by atoms with Crippen LogP contribution in [-0.2, 0) is 34.7 Å². The Balaban J connectivity index is 1.53. The topological polar surface area (TPSA) is 55.4 Å². The van der Waals surface area contributed by atoms with Gasteiger partial charge >= 0.3 is 0 Å². The van der Waals surface area contributed by atoms with Crippen molar-refractivity contribution in [2.24, 2.45) is 5.92 Å². The first-order valence-electron chi connectivity index (χ1n) is 14.9. The largest absolute Gasteiger partial charge is 0.411 e. The van der Waals surface area contributed by atoms with Crippen LogP contribution in [0.4, 0.5) is 0 Å². The van der Waals surface area contributed by atoms with Crippen molar-refractivity contribution >= 4 is 19.9 Å². The molecule has 0 amide bonds. The summed E-state index contributed by atoms with van der Waals surface area (Å²) >= 11 is 6.68. The summed E-state index contributed by atoms with van der Waals surface area (Å²) in [6, 6.07) is 13.6. The first kappa shape index (κ1) is 31.2. The lowest BCUT2D eigenvalue weighted by Gasteiger charge is -2.53. The molecule has 3 heterocycles. The molecule has 6 nitrogen and oxygen atoms in total. The third-order valence-corrected chi connectivity index (χ3v) is 14.6. The second-order valence-corrected chi connectivity index (χ2v) is 16.8. The molecule has 0 radical (unpaired) electrons. The van der Waals surface area contributed by atoms with Crippen LogP contribution in [0.2, 0.25) is 18.1 Å². The number of ether oxygens (including phenoxy) is 5. The Morgan fingerprint density at radius 3 is 2.44 bits per heavy atom. The number of halogens is 1. The van der Waals surface area contributed by atoms with Crippen LogP contribution in [0, 0.1) is 5.92 Å². The van der Waals surface area contributed by atoms with Gasteiger partial charge in [-0.2, -0.15) is 0 Å². The third kappa shape index (κ3) is 6.83. The summed E-state index contributed by atoms with van der Waals surface area (Å²) in [7, 11) is -0.175. The second-order valence-electron chi connectivity index (χ2n) is 11.6. The fourth-order valence-corrected chi connectivity index (χ4v) is 9.78. The van der Waals surface area contributed by atoms with Crippen molar-refractivity contribution in [3.05, 3.63) is 48.6 Å². The zero-order valence-electron chi connectivity index (χ0n) is 24.5. The summed E-state index contributed by atoms with van der Waals surface area (Å²) in [5, 5.41) is -0.308. The van der Waals surface area contributed by atoms with Gasteiger partial charge in [-0.05, 0) is 36.5 Å². The molecule has 2 spiro atoms. The predicted molar refractivity (Wildman–Crippen MR) is 157 cm³/mol. The van der Waals surface area contributed by atoms with Crippen LogP contribution >= 0.6 is 11.6 Å².